The molecule has 0 fully saturated rings. The Morgan fingerprint density at radius 3 is 2.17 bits per heavy atom. The summed E-state index contributed by atoms with van der Waals surface area (Å²) in [6.07, 6.45) is 5.37. The molecule has 0 aromatic carbocycles. The van der Waals surface area contributed by atoms with Crippen LogP contribution in [0.4, 0.5) is 0 Å². The van der Waals surface area contributed by atoms with Crippen LogP contribution in [0.15, 0.2) is 42.9 Å². The molecule has 2 heterocycles. The molecule has 4 nitrogen and oxygen atoms in total. The predicted molar refractivity (Wildman–Crippen MR) is 69.7 cm³/mol. The molecule has 18 heavy (non-hydrogen) atoms. The van der Waals surface area contributed by atoms with Gasteiger partial charge >= 0.3 is 0 Å². The van der Waals surface area contributed by atoms with E-state index < -0.39 is 0 Å². The topological polar surface area (TPSA) is 44.2 Å². The summed E-state index contributed by atoms with van der Waals surface area (Å²) in [7, 11) is 1.48. The van der Waals surface area contributed by atoms with Crippen LogP contribution in [-0.2, 0) is 16.4 Å². The maximum Gasteiger partial charge on any atom is 0.124 e. The van der Waals surface area contributed by atoms with Gasteiger partial charge in [-0.15, -0.1) is 0 Å². The third kappa shape index (κ3) is 6.08. The minimum absolute atomic E-state index is 0.400. The number of aromatic nitrogens is 2. The molecule has 0 amide bonds. The van der Waals surface area contributed by atoms with Crippen molar-refractivity contribution < 1.29 is 9.78 Å². The van der Waals surface area contributed by atoms with Crippen LogP contribution >= 0.6 is 0 Å². The lowest BCUT2D eigenvalue weighted by atomic mass is 10.3. The van der Waals surface area contributed by atoms with Gasteiger partial charge in [0.25, 0.3) is 0 Å². The van der Waals surface area contributed by atoms with Gasteiger partial charge in [-0.1, -0.05) is 6.07 Å². The number of hydrogen-bond acceptors (Lipinski definition) is 4. The van der Waals surface area contributed by atoms with Crippen molar-refractivity contribution in [1.29, 1.82) is 0 Å². The van der Waals surface area contributed by atoms with Crippen LogP contribution in [0.2, 0.25) is 0 Å². The summed E-state index contributed by atoms with van der Waals surface area (Å²) in [5, 5.41) is 0. The molecule has 0 unspecified atom stereocenters. The minimum Gasteiger partial charge on any atom is -0.265 e. The average Bonchev–Trinajstić information content (AvgIpc) is 2.40. The maximum atomic E-state index is 4.70. The average molecular weight is 246 g/mol. The van der Waals surface area contributed by atoms with E-state index in [4.69, 9.17) is 4.89 Å². The zero-order chi connectivity index (χ0) is 13.2. The molecule has 0 aliphatic carbocycles. The van der Waals surface area contributed by atoms with Crippen molar-refractivity contribution in [3.05, 3.63) is 59.7 Å². The molecule has 0 N–H and O–H groups in total. The van der Waals surface area contributed by atoms with Crippen LogP contribution in [0.3, 0.4) is 0 Å². The first-order chi connectivity index (χ1) is 8.72. The minimum atomic E-state index is 0.400. The molecule has 4 heteroatoms. The summed E-state index contributed by atoms with van der Waals surface area (Å²) in [6.45, 7) is 4.44. The van der Waals surface area contributed by atoms with Crippen LogP contribution in [0.5, 0.6) is 0 Å². The van der Waals surface area contributed by atoms with Gasteiger partial charge < -0.3 is 0 Å². The highest BCUT2D eigenvalue weighted by Crippen LogP contribution is 1.99. The smallest absolute Gasteiger partial charge is 0.124 e. The van der Waals surface area contributed by atoms with Crippen LogP contribution < -0.4 is 0 Å². The molecule has 0 saturated carbocycles. The van der Waals surface area contributed by atoms with Gasteiger partial charge in [0.15, 0.2) is 0 Å². The second-order valence-electron chi connectivity index (χ2n) is 3.78. The van der Waals surface area contributed by atoms with E-state index in [1.807, 2.05) is 38.1 Å². The van der Waals surface area contributed by atoms with Gasteiger partial charge in [0.2, 0.25) is 0 Å². The van der Waals surface area contributed by atoms with Crippen LogP contribution in [0, 0.1) is 13.8 Å². The summed E-state index contributed by atoms with van der Waals surface area (Å²) in [6, 6.07) is 7.84. The Balaban J connectivity index is 0.000000199. The zero-order valence-corrected chi connectivity index (χ0v) is 11.0. The Kier molecular flexibility index (Phi) is 6.61. The van der Waals surface area contributed by atoms with E-state index in [9.17, 15) is 0 Å². The van der Waals surface area contributed by atoms with E-state index >= 15 is 0 Å². The summed E-state index contributed by atoms with van der Waals surface area (Å²) in [5.41, 5.74) is 3.28. The molecule has 2 aromatic rings. The van der Waals surface area contributed by atoms with Crippen molar-refractivity contribution in [3.63, 3.8) is 0 Å². The van der Waals surface area contributed by atoms with Crippen molar-refractivity contribution in [3.8, 4) is 0 Å². The number of pyridine rings is 2. The van der Waals surface area contributed by atoms with E-state index in [0.717, 1.165) is 11.3 Å². The molecule has 96 valence electrons. The van der Waals surface area contributed by atoms with E-state index in [1.54, 1.807) is 18.6 Å². The summed E-state index contributed by atoms with van der Waals surface area (Å²) < 4.78 is 0. The molecule has 0 radical (unpaired) electrons. The Labute approximate surface area is 108 Å². The second kappa shape index (κ2) is 8.33. The standard InChI is InChI=1S/C8H11NO2.C6H7N/c1-7-3-4-8(9-5-7)6-11-10-2;1-6-2-4-7-5-3-6/h3-5H,6H2,1-2H3;2-5H,1H3. The molecule has 2 aromatic heterocycles. The molecule has 0 spiro atoms. The first-order valence-corrected chi connectivity index (χ1v) is 5.66. The normalized spacial score (nSPS) is 9.50. The highest BCUT2D eigenvalue weighted by atomic mass is 17.2. The number of hydrogen-bond donors (Lipinski definition) is 0. The zero-order valence-electron chi connectivity index (χ0n) is 11.0. The lowest BCUT2D eigenvalue weighted by Crippen LogP contribution is -1.93. The van der Waals surface area contributed by atoms with Gasteiger partial charge in [-0.2, -0.15) is 0 Å². The van der Waals surface area contributed by atoms with Crippen LogP contribution in [-0.4, -0.2) is 17.1 Å². The van der Waals surface area contributed by atoms with Gasteiger partial charge in [-0.25, -0.2) is 9.78 Å². The van der Waals surface area contributed by atoms with E-state index in [0.29, 0.717) is 6.61 Å². The molecule has 0 saturated heterocycles. The fourth-order valence-corrected chi connectivity index (χ4v) is 1.13. The van der Waals surface area contributed by atoms with Gasteiger partial charge in [0.1, 0.15) is 6.61 Å². The monoisotopic (exact) mass is 246 g/mol. The van der Waals surface area contributed by atoms with Crippen molar-refractivity contribution in [2.24, 2.45) is 0 Å². The first-order valence-electron chi connectivity index (χ1n) is 5.66. The highest BCUT2D eigenvalue weighted by Gasteiger charge is 1.92. The predicted octanol–water partition coefficient (Wildman–Crippen LogP) is 2.86. The number of aryl methyl sites for hydroxylation is 2. The molecule has 0 aliphatic rings. The molecular formula is C14H18N2O2. The van der Waals surface area contributed by atoms with Crippen molar-refractivity contribution in [2.75, 3.05) is 7.11 Å². The lowest BCUT2D eigenvalue weighted by molar-refractivity contribution is -0.282. The quantitative estimate of drug-likeness (QED) is 0.617. The first kappa shape index (κ1) is 14.3. The Hall–Kier alpha value is -1.78. The van der Waals surface area contributed by atoms with Gasteiger partial charge in [-0.3, -0.25) is 9.97 Å². The SMILES string of the molecule is COOCc1ccc(C)cn1.Cc1ccncc1. The third-order valence-corrected chi connectivity index (χ3v) is 2.14. The lowest BCUT2D eigenvalue weighted by Gasteiger charge is -1.98. The van der Waals surface area contributed by atoms with E-state index in [-0.39, 0.29) is 0 Å². The summed E-state index contributed by atoms with van der Waals surface area (Å²) in [5.74, 6) is 0. The van der Waals surface area contributed by atoms with Gasteiger partial charge in [0.05, 0.1) is 12.8 Å². The van der Waals surface area contributed by atoms with E-state index in [2.05, 4.69) is 14.9 Å². The Morgan fingerprint density at radius 1 is 1.00 bits per heavy atom. The fraction of sp³-hybridized carbons (Fsp3) is 0.286. The van der Waals surface area contributed by atoms with Crippen LogP contribution in [0.1, 0.15) is 16.8 Å². The fourth-order valence-electron chi connectivity index (χ4n) is 1.13. The molecule has 0 bridgehead atoms. The van der Waals surface area contributed by atoms with Gasteiger partial charge in [0, 0.05) is 18.6 Å². The van der Waals surface area contributed by atoms with Crippen molar-refractivity contribution in [1.82, 2.24) is 9.97 Å². The molecular weight excluding hydrogens is 228 g/mol. The molecule has 2 rings (SSSR count). The highest BCUT2D eigenvalue weighted by molar-refractivity contribution is 5.11. The summed E-state index contributed by atoms with van der Waals surface area (Å²) >= 11 is 0. The van der Waals surface area contributed by atoms with E-state index in [1.165, 1.54) is 12.7 Å². The molecule has 0 atom stereocenters. The van der Waals surface area contributed by atoms with Crippen molar-refractivity contribution >= 4 is 0 Å². The van der Waals surface area contributed by atoms with Gasteiger partial charge in [-0.05, 0) is 43.2 Å². The number of nitrogens with zero attached hydrogens (tertiary/aromatic N) is 2. The number of rotatable bonds is 3. The third-order valence-electron chi connectivity index (χ3n) is 2.14. The maximum absolute atomic E-state index is 4.70. The van der Waals surface area contributed by atoms with Crippen molar-refractivity contribution in [2.45, 2.75) is 20.5 Å². The second-order valence-corrected chi connectivity index (χ2v) is 3.78. The molecule has 0 aliphatic heterocycles. The Bertz CT molecular complexity index is 429. The van der Waals surface area contributed by atoms with Crippen LogP contribution in [0.25, 0.3) is 0 Å². The summed E-state index contributed by atoms with van der Waals surface area (Å²) in [4.78, 5) is 17.1. The largest absolute Gasteiger partial charge is 0.265 e. The Morgan fingerprint density at radius 2 is 1.72 bits per heavy atom.